The Morgan fingerprint density at radius 1 is 1.20 bits per heavy atom. The number of carbonyl (C=O) groups excluding carboxylic acids is 1. The summed E-state index contributed by atoms with van der Waals surface area (Å²) in [5.41, 5.74) is 2.19. The first-order chi connectivity index (χ1) is 16.3. The normalized spacial score (nSPS) is 24.3. The Morgan fingerprint density at radius 2 is 1.83 bits per heavy atom. The van der Waals surface area contributed by atoms with Crippen LogP contribution in [0.5, 0.6) is 0 Å². The van der Waals surface area contributed by atoms with Crippen LogP contribution in [0.2, 0.25) is 18.1 Å². The summed E-state index contributed by atoms with van der Waals surface area (Å²) < 4.78 is 11.7. The number of carbonyl (C=O) groups is 1. The first-order valence-corrected chi connectivity index (χ1v) is 16.4. The summed E-state index contributed by atoms with van der Waals surface area (Å²) in [5.74, 6) is 0.485. The van der Waals surface area contributed by atoms with E-state index in [1.807, 2.05) is 13.8 Å². The molecule has 0 aliphatic heterocycles. The van der Waals surface area contributed by atoms with Gasteiger partial charge in [0.15, 0.2) is 8.32 Å². The molecule has 0 amide bonds. The second kappa shape index (κ2) is 12.9. The van der Waals surface area contributed by atoms with E-state index in [2.05, 4.69) is 70.3 Å². The minimum Gasteiger partial charge on any atom is -0.469 e. The van der Waals surface area contributed by atoms with Gasteiger partial charge in [-0.3, -0.25) is 4.79 Å². The Labute approximate surface area is 219 Å². The fraction of sp³-hybridized carbons (Fsp3) is 0.690. The standard InChI is InChI=1S/C29H47ClO4Si/c1-20(2)28(32)22-17-15-21(16-18-22)27-23(13-11-9-10-12-14-26(31)33-6)24(30)19-25(27)34-35(7,8)29(3,4)5/h9,11,15-18,20,23-25,27-28,32H,10,12-14,19H2,1-8H3/t23-,24+,25+,27+,28?/m0/s1. The lowest BCUT2D eigenvalue weighted by molar-refractivity contribution is -0.140. The molecule has 0 bridgehead atoms. The van der Waals surface area contributed by atoms with Gasteiger partial charge in [0.05, 0.1) is 19.3 Å². The van der Waals surface area contributed by atoms with E-state index in [-0.39, 0.29) is 40.2 Å². The summed E-state index contributed by atoms with van der Waals surface area (Å²) in [4.78, 5) is 11.3. The molecule has 0 aromatic heterocycles. The number of aliphatic hydroxyl groups excluding tert-OH is 1. The number of hydrogen-bond donors (Lipinski definition) is 1. The van der Waals surface area contributed by atoms with Gasteiger partial charge in [-0.2, -0.15) is 0 Å². The van der Waals surface area contributed by atoms with Gasteiger partial charge in [-0.25, -0.2) is 0 Å². The first-order valence-electron chi connectivity index (χ1n) is 13.1. The predicted octanol–water partition coefficient (Wildman–Crippen LogP) is 7.77. The number of allylic oxidation sites excluding steroid dienone is 2. The van der Waals surface area contributed by atoms with E-state index in [1.165, 1.54) is 12.7 Å². The fourth-order valence-corrected chi connectivity index (χ4v) is 6.40. The molecule has 1 N–H and O–H groups in total. The molecule has 1 aromatic rings. The van der Waals surface area contributed by atoms with Gasteiger partial charge in [0.25, 0.3) is 0 Å². The van der Waals surface area contributed by atoms with Crippen molar-refractivity contribution in [1.82, 2.24) is 0 Å². The lowest BCUT2D eigenvalue weighted by atomic mass is 9.84. The highest BCUT2D eigenvalue weighted by Crippen LogP contribution is 2.49. The molecule has 2 rings (SSSR count). The Kier molecular flexibility index (Phi) is 11.1. The maximum Gasteiger partial charge on any atom is 0.305 e. The quantitative estimate of drug-likeness (QED) is 0.106. The van der Waals surface area contributed by atoms with Crippen molar-refractivity contribution in [2.75, 3.05) is 7.11 Å². The van der Waals surface area contributed by atoms with Gasteiger partial charge < -0.3 is 14.3 Å². The summed E-state index contributed by atoms with van der Waals surface area (Å²) in [7, 11) is -0.543. The molecule has 1 saturated carbocycles. The molecule has 4 nitrogen and oxygen atoms in total. The molecular weight excluding hydrogens is 476 g/mol. The van der Waals surface area contributed by atoms with Crippen LogP contribution in [-0.4, -0.2) is 38.0 Å². The number of ether oxygens (including phenoxy) is 1. The minimum atomic E-state index is -1.97. The molecule has 198 valence electrons. The van der Waals surface area contributed by atoms with Crippen molar-refractivity contribution in [2.24, 2.45) is 11.8 Å². The number of methoxy groups -OCH3 is 1. The van der Waals surface area contributed by atoms with Gasteiger partial charge in [0.1, 0.15) is 0 Å². The molecule has 1 unspecified atom stereocenters. The summed E-state index contributed by atoms with van der Waals surface area (Å²) in [6.07, 6.45) is 7.81. The van der Waals surface area contributed by atoms with Gasteiger partial charge in [0, 0.05) is 17.7 Å². The number of hydrogen-bond acceptors (Lipinski definition) is 4. The van der Waals surface area contributed by atoms with Crippen LogP contribution in [0, 0.1) is 11.8 Å². The van der Waals surface area contributed by atoms with E-state index < -0.39 is 14.4 Å². The van der Waals surface area contributed by atoms with Crippen LogP contribution in [0.1, 0.15) is 89.9 Å². The summed E-state index contributed by atoms with van der Waals surface area (Å²) in [6, 6.07) is 8.44. The SMILES string of the molecule is COC(=O)CCCC=CC[C@@H]1[C@@H](c2ccc(C(O)C(C)C)cc2)[C@H](O[Si](C)(C)C(C)(C)C)C[C@H]1Cl. The smallest absolute Gasteiger partial charge is 0.305 e. The molecule has 6 heteroatoms. The van der Waals surface area contributed by atoms with E-state index >= 15 is 0 Å². The van der Waals surface area contributed by atoms with Crippen LogP contribution < -0.4 is 0 Å². The molecule has 5 atom stereocenters. The predicted molar refractivity (Wildman–Crippen MR) is 148 cm³/mol. The molecule has 0 spiro atoms. The van der Waals surface area contributed by atoms with E-state index in [0.717, 1.165) is 31.2 Å². The van der Waals surface area contributed by atoms with E-state index in [1.54, 1.807) is 0 Å². The largest absolute Gasteiger partial charge is 0.469 e. The van der Waals surface area contributed by atoms with Crippen LogP contribution >= 0.6 is 11.6 Å². The fourth-order valence-electron chi connectivity index (χ4n) is 4.61. The number of halogens is 1. The minimum absolute atomic E-state index is 0.0374. The third-order valence-electron chi connectivity index (χ3n) is 7.88. The topological polar surface area (TPSA) is 55.8 Å². The lowest BCUT2D eigenvalue weighted by Crippen LogP contribution is -2.44. The second-order valence-corrected chi connectivity index (χ2v) is 17.2. The third-order valence-corrected chi connectivity index (χ3v) is 12.9. The van der Waals surface area contributed by atoms with Gasteiger partial charge in [-0.05, 0) is 66.8 Å². The van der Waals surface area contributed by atoms with Crippen molar-refractivity contribution in [2.45, 2.75) is 108 Å². The van der Waals surface area contributed by atoms with Gasteiger partial charge in [0.2, 0.25) is 0 Å². The molecular formula is C29H47ClO4Si. The zero-order valence-electron chi connectivity index (χ0n) is 23.0. The number of aliphatic hydroxyl groups is 1. The highest BCUT2D eigenvalue weighted by Gasteiger charge is 2.48. The van der Waals surface area contributed by atoms with Crippen molar-refractivity contribution in [3.63, 3.8) is 0 Å². The second-order valence-electron chi connectivity index (χ2n) is 11.9. The molecule has 1 fully saturated rings. The van der Waals surface area contributed by atoms with E-state index in [9.17, 15) is 9.90 Å². The van der Waals surface area contributed by atoms with Crippen molar-refractivity contribution in [3.8, 4) is 0 Å². The Morgan fingerprint density at radius 3 is 2.37 bits per heavy atom. The maximum absolute atomic E-state index is 11.3. The Hall–Kier alpha value is -1.14. The summed E-state index contributed by atoms with van der Waals surface area (Å²) in [6.45, 7) is 15.5. The summed E-state index contributed by atoms with van der Waals surface area (Å²) >= 11 is 6.98. The first kappa shape index (κ1) is 30.1. The van der Waals surface area contributed by atoms with E-state index in [0.29, 0.717) is 6.42 Å². The molecule has 0 radical (unpaired) electrons. The number of rotatable bonds is 11. The van der Waals surface area contributed by atoms with Crippen molar-refractivity contribution < 1.29 is 19.1 Å². The zero-order chi connectivity index (χ0) is 26.4. The molecule has 1 aliphatic rings. The van der Waals surface area contributed by atoms with E-state index in [4.69, 9.17) is 20.8 Å². The number of alkyl halides is 1. The maximum atomic E-state index is 11.3. The average Bonchev–Trinajstić information content (AvgIpc) is 3.08. The highest BCUT2D eigenvalue weighted by atomic mass is 35.5. The van der Waals surface area contributed by atoms with Crippen LogP contribution in [0.3, 0.4) is 0 Å². The molecule has 35 heavy (non-hydrogen) atoms. The van der Waals surface area contributed by atoms with Crippen molar-refractivity contribution in [3.05, 3.63) is 47.5 Å². The van der Waals surface area contributed by atoms with Gasteiger partial charge in [-0.1, -0.05) is 71.0 Å². The highest BCUT2D eigenvalue weighted by molar-refractivity contribution is 6.74. The Bertz CT molecular complexity index is 828. The summed E-state index contributed by atoms with van der Waals surface area (Å²) in [5, 5.41) is 10.7. The number of benzene rings is 1. The lowest BCUT2D eigenvalue weighted by Gasteiger charge is -2.40. The zero-order valence-corrected chi connectivity index (χ0v) is 24.8. The molecule has 0 heterocycles. The molecule has 1 aliphatic carbocycles. The van der Waals surface area contributed by atoms with Crippen LogP contribution in [0.15, 0.2) is 36.4 Å². The van der Waals surface area contributed by atoms with Gasteiger partial charge >= 0.3 is 5.97 Å². The monoisotopic (exact) mass is 522 g/mol. The number of unbranched alkanes of at least 4 members (excludes halogenated alkanes) is 1. The van der Waals surface area contributed by atoms with Crippen molar-refractivity contribution >= 4 is 25.9 Å². The average molecular weight is 523 g/mol. The molecule has 1 aromatic carbocycles. The third kappa shape index (κ3) is 8.18. The molecule has 0 saturated heterocycles. The van der Waals surface area contributed by atoms with Crippen LogP contribution in [0.25, 0.3) is 0 Å². The van der Waals surface area contributed by atoms with Gasteiger partial charge in [-0.15, -0.1) is 11.6 Å². The Balaban J connectivity index is 2.24. The van der Waals surface area contributed by atoms with Crippen LogP contribution in [-0.2, 0) is 14.0 Å². The number of esters is 1. The van der Waals surface area contributed by atoms with Crippen LogP contribution in [0.4, 0.5) is 0 Å². The van der Waals surface area contributed by atoms with Crippen molar-refractivity contribution in [1.29, 1.82) is 0 Å².